The van der Waals surface area contributed by atoms with Crippen LogP contribution in [0, 0.1) is 0 Å². The quantitative estimate of drug-likeness (QED) is 0.628. The summed E-state index contributed by atoms with van der Waals surface area (Å²) >= 11 is 0. The van der Waals surface area contributed by atoms with Gasteiger partial charge in [0.05, 0.1) is 0 Å². The average molecular weight is 451 g/mol. The minimum Gasteiger partial charge on any atom is -0.383 e. The van der Waals surface area contributed by atoms with E-state index in [1.807, 2.05) is 24.3 Å². The molecular weight excluding hydrogens is 425 g/mol. The number of aryl methyl sites for hydroxylation is 2. The number of anilines is 2. The van der Waals surface area contributed by atoms with Crippen LogP contribution < -0.4 is 15.4 Å². The fourth-order valence-electron chi connectivity index (χ4n) is 4.95. The summed E-state index contributed by atoms with van der Waals surface area (Å²) in [6.45, 7) is 0.287. The molecule has 5 rings (SSSR count). The molecule has 1 unspecified atom stereocenters. The Morgan fingerprint density at radius 1 is 0.967 bits per heavy atom. The van der Waals surface area contributed by atoms with Crippen molar-refractivity contribution in [3.63, 3.8) is 0 Å². The van der Waals surface area contributed by atoms with Crippen molar-refractivity contribution in [3.8, 4) is 0 Å². The van der Waals surface area contributed by atoms with Gasteiger partial charge in [0.2, 0.25) is 10.0 Å². The standard InChI is InChI=1S/C22H25N3O3S.K/c26-22(24-21-18-8-3-6-14(18)11-15-7-4-9-19(15)21)25-29(27,28)17-12-16-5-1-2-10-20(16)23-13-17;/h1-2,5,10-11,17,23H,3-4,6-9,12-13H2,(H2,24,25,26);. The Morgan fingerprint density at radius 2 is 1.63 bits per heavy atom. The third kappa shape index (κ3) is 4.22. The molecule has 0 aromatic heterocycles. The molecule has 1 atom stereocenters. The van der Waals surface area contributed by atoms with Gasteiger partial charge in [0.25, 0.3) is 0 Å². The minimum atomic E-state index is -3.80. The predicted molar refractivity (Wildman–Crippen MR) is 120 cm³/mol. The molecule has 0 spiro atoms. The number of hydrogen-bond acceptors (Lipinski definition) is 4. The molecule has 0 fully saturated rings. The molecule has 0 bridgehead atoms. The third-order valence-corrected chi connectivity index (χ3v) is 8.05. The van der Waals surface area contributed by atoms with E-state index < -0.39 is 21.3 Å². The topological polar surface area (TPSA) is 87.3 Å². The number of para-hydroxylation sites is 1. The molecular formula is C22H25KN3O3S. The summed E-state index contributed by atoms with van der Waals surface area (Å²) in [4.78, 5) is 12.7. The van der Waals surface area contributed by atoms with Gasteiger partial charge in [-0.3, -0.25) is 0 Å². The number of hydrogen-bond donors (Lipinski definition) is 3. The first-order valence-corrected chi connectivity index (χ1v) is 11.9. The number of sulfonamides is 1. The fraction of sp³-hybridized carbons (Fsp3) is 0.409. The first-order chi connectivity index (χ1) is 14.0. The van der Waals surface area contributed by atoms with Crippen LogP contribution in [0.3, 0.4) is 0 Å². The van der Waals surface area contributed by atoms with E-state index in [-0.39, 0.29) is 57.9 Å². The first-order valence-electron chi connectivity index (χ1n) is 10.3. The Morgan fingerprint density at radius 3 is 2.33 bits per heavy atom. The number of benzene rings is 2. The van der Waals surface area contributed by atoms with Crippen LogP contribution in [0.4, 0.5) is 16.2 Å². The van der Waals surface area contributed by atoms with Gasteiger partial charge in [-0.15, -0.1) is 0 Å². The Kier molecular flexibility index (Phi) is 6.63. The van der Waals surface area contributed by atoms with Gasteiger partial charge in [-0.2, -0.15) is 0 Å². The van der Waals surface area contributed by atoms with Crippen molar-refractivity contribution >= 4 is 78.8 Å². The van der Waals surface area contributed by atoms with Gasteiger partial charge in [0, 0.05) is 69.3 Å². The molecule has 0 saturated carbocycles. The van der Waals surface area contributed by atoms with Crippen LogP contribution >= 0.6 is 0 Å². The number of rotatable bonds is 3. The zero-order valence-corrected chi connectivity index (χ0v) is 21.2. The molecule has 1 radical (unpaired) electrons. The van der Waals surface area contributed by atoms with Crippen LogP contribution in [0.25, 0.3) is 0 Å². The Labute approximate surface area is 220 Å². The van der Waals surface area contributed by atoms with Gasteiger partial charge >= 0.3 is 6.03 Å². The number of nitrogens with one attached hydrogen (secondary N) is 3. The van der Waals surface area contributed by atoms with Gasteiger partial charge in [-0.1, -0.05) is 24.3 Å². The van der Waals surface area contributed by atoms with Crippen LogP contribution in [0.2, 0.25) is 0 Å². The molecule has 2 aliphatic carbocycles. The zero-order chi connectivity index (χ0) is 20.0. The first kappa shape index (κ1) is 22.3. The third-order valence-electron chi connectivity index (χ3n) is 6.37. The van der Waals surface area contributed by atoms with E-state index in [0.29, 0.717) is 6.42 Å². The molecule has 6 nitrogen and oxygen atoms in total. The van der Waals surface area contributed by atoms with Crippen LogP contribution in [0.5, 0.6) is 0 Å². The number of urea groups is 1. The van der Waals surface area contributed by atoms with E-state index in [1.54, 1.807) is 0 Å². The molecule has 2 aromatic carbocycles. The predicted octanol–water partition coefficient (Wildman–Crippen LogP) is 2.77. The van der Waals surface area contributed by atoms with Crippen molar-refractivity contribution in [2.24, 2.45) is 0 Å². The number of fused-ring (bicyclic) bond motifs is 3. The van der Waals surface area contributed by atoms with Crippen molar-refractivity contribution in [3.05, 3.63) is 58.1 Å². The van der Waals surface area contributed by atoms with Gasteiger partial charge in [0.15, 0.2) is 0 Å². The monoisotopic (exact) mass is 450 g/mol. The molecule has 8 heteroatoms. The summed E-state index contributed by atoms with van der Waals surface area (Å²) in [5, 5.41) is 5.38. The Bertz CT molecular complexity index is 1070. The van der Waals surface area contributed by atoms with E-state index in [0.717, 1.165) is 55.5 Å². The smallest absolute Gasteiger partial charge is 0.332 e. The van der Waals surface area contributed by atoms with E-state index >= 15 is 0 Å². The van der Waals surface area contributed by atoms with E-state index in [9.17, 15) is 13.2 Å². The summed E-state index contributed by atoms with van der Waals surface area (Å²) in [7, 11) is -3.80. The van der Waals surface area contributed by atoms with Gasteiger partial charge in [-0.25, -0.2) is 17.9 Å². The van der Waals surface area contributed by atoms with E-state index in [2.05, 4.69) is 21.4 Å². The summed E-state index contributed by atoms with van der Waals surface area (Å²) in [5.74, 6) is 0. The minimum absolute atomic E-state index is 0. The maximum atomic E-state index is 12.9. The fourth-order valence-corrected chi connectivity index (χ4v) is 6.13. The summed E-state index contributed by atoms with van der Waals surface area (Å²) in [6, 6.07) is 9.30. The molecule has 1 heterocycles. The van der Waals surface area contributed by atoms with Gasteiger partial charge in [-0.05, 0) is 78.8 Å². The maximum absolute atomic E-state index is 12.9. The second-order valence-corrected chi connectivity index (χ2v) is 10.2. The Balaban J connectivity index is 0.00000218. The largest absolute Gasteiger partial charge is 0.383 e. The van der Waals surface area contributed by atoms with Crippen molar-refractivity contribution in [2.45, 2.75) is 50.2 Å². The van der Waals surface area contributed by atoms with Crippen molar-refractivity contribution in [1.82, 2.24) is 4.72 Å². The van der Waals surface area contributed by atoms with Crippen LogP contribution in [-0.2, 0) is 42.1 Å². The second kappa shape index (κ2) is 8.92. The number of amides is 2. The van der Waals surface area contributed by atoms with Gasteiger partial charge in [0.1, 0.15) is 5.25 Å². The molecule has 2 amide bonds. The molecule has 30 heavy (non-hydrogen) atoms. The maximum Gasteiger partial charge on any atom is 0.332 e. The molecule has 3 N–H and O–H groups in total. The molecule has 153 valence electrons. The average Bonchev–Trinajstić information content (AvgIpc) is 3.36. The normalized spacial score (nSPS) is 19.0. The van der Waals surface area contributed by atoms with Crippen LogP contribution in [0.15, 0.2) is 30.3 Å². The molecule has 2 aromatic rings. The summed E-state index contributed by atoms with van der Waals surface area (Å²) in [5.41, 5.74) is 7.74. The molecule has 3 aliphatic rings. The summed E-state index contributed by atoms with van der Waals surface area (Å²) < 4.78 is 28.0. The van der Waals surface area contributed by atoms with Crippen LogP contribution in [0.1, 0.15) is 40.7 Å². The number of carbonyl (C=O) groups excluding carboxylic acids is 1. The molecule has 0 saturated heterocycles. The SMILES string of the molecule is O=C(Nc1c2c(cc3c1CCC3)CCC2)NS(=O)(=O)C1CNc2ccccc2C1.[K]. The van der Waals surface area contributed by atoms with Crippen molar-refractivity contribution in [2.75, 3.05) is 17.2 Å². The van der Waals surface area contributed by atoms with Crippen molar-refractivity contribution < 1.29 is 13.2 Å². The van der Waals surface area contributed by atoms with E-state index in [1.165, 1.54) is 22.3 Å². The summed E-state index contributed by atoms with van der Waals surface area (Å²) in [6.07, 6.45) is 6.50. The van der Waals surface area contributed by atoms with Gasteiger partial charge < -0.3 is 10.6 Å². The van der Waals surface area contributed by atoms with Crippen molar-refractivity contribution in [1.29, 1.82) is 0 Å². The molecule has 1 aliphatic heterocycles. The second-order valence-electron chi connectivity index (χ2n) is 8.20. The van der Waals surface area contributed by atoms with Crippen LogP contribution in [-0.4, -0.2) is 77.6 Å². The number of carbonyl (C=O) groups is 1. The van der Waals surface area contributed by atoms with E-state index in [4.69, 9.17) is 0 Å². The zero-order valence-electron chi connectivity index (χ0n) is 17.3. The Hall–Kier alpha value is -0.904.